The highest BCUT2D eigenvalue weighted by atomic mass is 32.2. The van der Waals surface area contributed by atoms with E-state index < -0.39 is 0 Å². The van der Waals surface area contributed by atoms with Crippen LogP contribution in [0.1, 0.15) is 18.4 Å². The minimum absolute atomic E-state index is 0.356. The van der Waals surface area contributed by atoms with E-state index in [1.54, 1.807) is 6.07 Å². The van der Waals surface area contributed by atoms with Gasteiger partial charge in [0.05, 0.1) is 0 Å². The quantitative estimate of drug-likeness (QED) is 0.731. The van der Waals surface area contributed by atoms with E-state index in [1.807, 2.05) is 17.8 Å². The van der Waals surface area contributed by atoms with Gasteiger partial charge in [-0.25, -0.2) is 0 Å². The fourth-order valence-corrected chi connectivity index (χ4v) is 3.94. The molecule has 2 aliphatic rings. The zero-order valence-corrected chi connectivity index (χ0v) is 9.35. The number of ether oxygens (including phenoxy) is 1. The van der Waals surface area contributed by atoms with E-state index in [0.717, 1.165) is 32.5 Å². The Morgan fingerprint density at radius 2 is 2.07 bits per heavy atom. The molecule has 0 bridgehead atoms. The summed E-state index contributed by atoms with van der Waals surface area (Å²) in [5, 5.41) is 9.45. The molecule has 0 saturated carbocycles. The lowest BCUT2D eigenvalue weighted by molar-refractivity contribution is 0.0782. The summed E-state index contributed by atoms with van der Waals surface area (Å²) in [7, 11) is 0. The number of hydrogen-bond acceptors (Lipinski definition) is 3. The molecule has 1 spiro atoms. The van der Waals surface area contributed by atoms with E-state index >= 15 is 0 Å². The predicted octanol–water partition coefficient (Wildman–Crippen LogP) is 2.59. The van der Waals surface area contributed by atoms with Crippen molar-refractivity contribution in [2.75, 3.05) is 13.2 Å². The summed E-state index contributed by atoms with van der Waals surface area (Å²) in [4.78, 5) is 1.26. The van der Waals surface area contributed by atoms with E-state index in [-0.39, 0.29) is 0 Å². The molecule has 15 heavy (non-hydrogen) atoms. The van der Waals surface area contributed by atoms with Gasteiger partial charge in [0, 0.05) is 22.9 Å². The second-order valence-corrected chi connectivity index (χ2v) is 5.88. The Kier molecular flexibility index (Phi) is 2.18. The molecular formula is C12H14O2S. The number of fused-ring (bicyclic) bond motifs is 1. The molecule has 0 atom stereocenters. The smallest absolute Gasteiger partial charge is 0.116 e. The zero-order chi connectivity index (χ0) is 10.3. The topological polar surface area (TPSA) is 29.5 Å². The van der Waals surface area contributed by atoms with Gasteiger partial charge in [-0.15, -0.1) is 11.8 Å². The third-order valence-electron chi connectivity index (χ3n) is 3.29. The minimum Gasteiger partial charge on any atom is -0.508 e. The minimum atomic E-state index is 0.356. The third-order valence-corrected chi connectivity index (χ3v) is 4.88. The molecule has 2 heterocycles. The SMILES string of the molecule is Oc1ccc2c(c1)SC1(CCOCC1)C2. The van der Waals surface area contributed by atoms with Crippen LogP contribution < -0.4 is 0 Å². The highest BCUT2D eigenvalue weighted by Crippen LogP contribution is 2.50. The lowest BCUT2D eigenvalue weighted by Crippen LogP contribution is -2.32. The van der Waals surface area contributed by atoms with Gasteiger partial charge in [-0.2, -0.15) is 0 Å². The van der Waals surface area contributed by atoms with Gasteiger partial charge in [-0.05, 0) is 37.0 Å². The van der Waals surface area contributed by atoms with E-state index in [1.165, 1.54) is 10.5 Å². The highest BCUT2D eigenvalue weighted by Gasteiger charge is 2.39. The first-order valence-electron chi connectivity index (χ1n) is 5.36. The van der Waals surface area contributed by atoms with Crippen molar-refractivity contribution in [1.82, 2.24) is 0 Å². The second kappa shape index (κ2) is 3.42. The fraction of sp³-hybridized carbons (Fsp3) is 0.500. The lowest BCUT2D eigenvalue weighted by atomic mass is 9.92. The summed E-state index contributed by atoms with van der Waals surface area (Å²) >= 11 is 1.93. The lowest BCUT2D eigenvalue weighted by Gasteiger charge is -2.32. The van der Waals surface area contributed by atoms with Crippen LogP contribution >= 0.6 is 11.8 Å². The van der Waals surface area contributed by atoms with E-state index in [0.29, 0.717) is 10.5 Å². The van der Waals surface area contributed by atoms with E-state index in [9.17, 15) is 5.11 Å². The van der Waals surface area contributed by atoms with Crippen molar-refractivity contribution in [3.8, 4) is 5.75 Å². The van der Waals surface area contributed by atoms with Crippen molar-refractivity contribution < 1.29 is 9.84 Å². The van der Waals surface area contributed by atoms with Crippen LogP contribution in [0.4, 0.5) is 0 Å². The van der Waals surface area contributed by atoms with Crippen LogP contribution in [0.5, 0.6) is 5.75 Å². The van der Waals surface area contributed by atoms with Crippen molar-refractivity contribution in [3.05, 3.63) is 23.8 Å². The number of thioether (sulfide) groups is 1. The van der Waals surface area contributed by atoms with Crippen molar-refractivity contribution in [2.24, 2.45) is 0 Å². The Morgan fingerprint density at radius 1 is 1.27 bits per heavy atom. The van der Waals surface area contributed by atoms with Gasteiger partial charge in [0.25, 0.3) is 0 Å². The van der Waals surface area contributed by atoms with Crippen LogP contribution in [-0.4, -0.2) is 23.1 Å². The maximum absolute atomic E-state index is 9.45. The van der Waals surface area contributed by atoms with E-state index in [2.05, 4.69) is 6.07 Å². The Labute approximate surface area is 93.6 Å². The molecule has 2 nitrogen and oxygen atoms in total. The summed E-state index contributed by atoms with van der Waals surface area (Å²) in [6.45, 7) is 1.76. The average Bonchev–Trinajstić information content (AvgIpc) is 2.56. The number of aromatic hydroxyl groups is 1. The van der Waals surface area contributed by atoms with Crippen LogP contribution in [0.2, 0.25) is 0 Å². The van der Waals surface area contributed by atoms with Crippen LogP contribution in [0.25, 0.3) is 0 Å². The summed E-state index contributed by atoms with van der Waals surface area (Å²) in [6.07, 6.45) is 3.40. The number of hydrogen-bond donors (Lipinski definition) is 1. The average molecular weight is 222 g/mol. The van der Waals surface area contributed by atoms with Crippen LogP contribution in [0.3, 0.4) is 0 Å². The zero-order valence-electron chi connectivity index (χ0n) is 8.53. The molecule has 0 radical (unpaired) electrons. The fourth-order valence-electron chi connectivity index (χ4n) is 2.42. The first-order chi connectivity index (χ1) is 7.27. The molecule has 3 rings (SSSR count). The Morgan fingerprint density at radius 3 is 2.87 bits per heavy atom. The Balaban J connectivity index is 1.90. The summed E-state index contributed by atoms with van der Waals surface area (Å²) in [6, 6.07) is 5.74. The maximum atomic E-state index is 9.45. The first-order valence-corrected chi connectivity index (χ1v) is 6.18. The van der Waals surface area contributed by atoms with E-state index in [4.69, 9.17) is 4.74 Å². The van der Waals surface area contributed by atoms with Gasteiger partial charge in [-0.3, -0.25) is 0 Å². The molecule has 1 N–H and O–H groups in total. The number of rotatable bonds is 0. The Bertz CT molecular complexity index is 383. The van der Waals surface area contributed by atoms with Crippen molar-refractivity contribution in [3.63, 3.8) is 0 Å². The van der Waals surface area contributed by atoms with Crippen LogP contribution in [-0.2, 0) is 11.2 Å². The third kappa shape index (κ3) is 1.64. The monoisotopic (exact) mass is 222 g/mol. The summed E-state index contributed by atoms with van der Waals surface area (Å²) in [5.41, 5.74) is 1.39. The van der Waals surface area contributed by atoms with Gasteiger partial charge in [0.2, 0.25) is 0 Å². The van der Waals surface area contributed by atoms with Crippen LogP contribution in [0, 0.1) is 0 Å². The molecule has 0 amide bonds. The molecular weight excluding hydrogens is 208 g/mol. The van der Waals surface area contributed by atoms with Crippen LogP contribution in [0.15, 0.2) is 23.1 Å². The molecule has 1 aromatic rings. The standard InChI is InChI=1S/C12H14O2S/c13-10-2-1-9-8-12(15-11(9)7-10)3-5-14-6-4-12/h1-2,7,13H,3-6,8H2. The largest absolute Gasteiger partial charge is 0.508 e. The van der Waals surface area contributed by atoms with Crippen molar-refractivity contribution in [1.29, 1.82) is 0 Å². The van der Waals surface area contributed by atoms with Crippen molar-refractivity contribution >= 4 is 11.8 Å². The summed E-state index contributed by atoms with van der Waals surface area (Å²) < 4.78 is 5.77. The predicted molar refractivity (Wildman–Crippen MR) is 60.5 cm³/mol. The van der Waals surface area contributed by atoms with Gasteiger partial charge in [0.15, 0.2) is 0 Å². The Hall–Kier alpha value is -0.670. The number of phenolic OH excluding ortho intramolecular Hbond substituents is 1. The highest BCUT2D eigenvalue weighted by molar-refractivity contribution is 8.01. The molecule has 0 aromatic heterocycles. The maximum Gasteiger partial charge on any atom is 0.116 e. The molecule has 3 heteroatoms. The van der Waals surface area contributed by atoms with Gasteiger partial charge in [-0.1, -0.05) is 6.07 Å². The normalized spacial score (nSPS) is 22.9. The molecule has 1 saturated heterocycles. The van der Waals surface area contributed by atoms with Crippen molar-refractivity contribution in [2.45, 2.75) is 28.9 Å². The second-order valence-electron chi connectivity index (χ2n) is 4.37. The molecule has 0 aliphatic carbocycles. The molecule has 1 aromatic carbocycles. The van der Waals surface area contributed by atoms with Gasteiger partial charge < -0.3 is 9.84 Å². The number of benzene rings is 1. The first kappa shape index (κ1) is 9.55. The van der Waals surface area contributed by atoms with Gasteiger partial charge in [0.1, 0.15) is 5.75 Å². The summed E-state index contributed by atoms with van der Waals surface area (Å²) in [5.74, 6) is 0.380. The molecule has 0 unspecified atom stereocenters. The van der Waals surface area contributed by atoms with Gasteiger partial charge >= 0.3 is 0 Å². The molecule has 1 fully saturated rings. The number of phenols is 1. The molecule has 80 valence electrons. The molecule has 2 aliphatic heterocycles.